The van der Waals surface area contributed by atoms with Crippen molar-refractivity contribution in [2.45, 2.75) is 41.0 Å². The molecule has 2 unspecified atom stereocenters. The molecule has 0 rings (SSSR count). The summed E-state index contributed by atoms with van der Waals surface area (Å²) in [6.07, 6.45) is 1.20. The van der Waals surface area contributed by atoms with E-state index < -0.39 is 0 Å². The molecule has 2 heteroatoms. The van der Waals surface area contributed by atoms with Crippen LogP contribution < -0.4 is 5.32 Å². The molecule has 0 aliphatic rings. The van der Waals surface area contributed by atoms with Crippen molar-refractivity contribution in [3.63, 3.8) is 0 Å². The molecule has 0 saturated heterocycles. The number of rotatable bonds is 7. The largest absolute Gasteiger partial charge is 0.384 e. The van der Waals surface area contributed by atoms with Crippen LogP contribution in [-0.4, -0.2) is 26.8 Å². The van der Waals surface area contributed by atoms with Crippen LogP contribution in [0.1, 0.15) is 41.0 Å². The summed E-state index contributed by atoms with van der Waals surface area (Å²) in [6, 6.07) is 0. The minimum Gasteiger partial charge on any atom is -0.384 e. The van der Waals surface area contributed by atoms with Gasteiger partial charge in [-0.1, -0.05) is 34.6 Å². The number of nitrogens with one attached hydrogen (secondary N) is 1. The number of hydrogen-bond donors (Lipinski definition) is 1. The molecule has 0 aromatic heterocycles. The van der Waals surface area contributed by atoms with E-state index in [1.807, 2.05) is 0 Å². The smallest absolute Gasteiger partial charge is 0.0491 e. The Morgan fingerprint density at radius 1 is 1.27 bits per heavy atom. The van der Waals surface area contributed by atoms with Crippen LogP contribution in [0.5, 0.6) is 0 Å². The van der Waals surface area contributed by atoms with E-state index in [2.05, 4.69) is 39.9 Å². The van der Waals surface area contributed by atoms with Crippen LogP contribution in [0.2, 0.25) is 0 Å². The number of methoxy groups -OCH3 is 1. The zero-order valence-electron chi connectivity index (χ0n) is 11.4. The summed E-state index contributed by atoms with van der Waals surface area (Å²) in [5.41, 5.74) is 0.346. The van der Waals surface area contributed by atoms with Crippen LogP contribution in [0.25, 0.3) is 0 Å². The lowest BCUT2D eigenvalue weighted by atomic mass is 9.74. The quantitative estimate of drug-likeness (QED) is 0.659. The maximum atomic E-state index is 5.26. The third-order valence-corrected chi connectivity index (χ3v) is 3.02. The van der Waals surface area contributed by atoms with Gasteiger partial charge in [-0.3, -0.25) is 0 Å². The monoisotopic (exact) mass is 215 g/mol. The predicted molar refractivity (Wildman–Crippen MR) is 67.1 cm³/mol. The normalized spacial score (nSPS) is 16.4. The van der Waals surface area contributed by atoms with Gasteiger partial charge in [0.15, 0.2) is 0 Å². The lowest BCUT2D eigenvalue weighted by Crippen LogP contribution is -2.38. The first-order valence-electron chi connectivity index (χ1n) is 6.13. The Kier molecular flexibility index (Phi) is 7.20. The Labute approximate surface area is 95.8 Å². The molecule has 0 heterocycles. The SMILES string of the molecule is CCCNCC(C(C)COC)C(C)(C)C. The van der Waals surface area contributed by atoms with Crippen LogP contribution in [0.4, 0.5) is 0 Å². The van der Waals surface area contributed by atoms with Crippen LogP contribution in [0.15, 0.2) is 0 Å². The molecule has 15 heavy (non-hydrogen) atoms. The predicted octanol–water partition coefficient (Wildman–Crippen LogP) is 2.93. The van der Waals surface area contributed by atoms with Crippen LogP contribution >= 0.6 is 0 Å². The van der Waals surface area contributed by atoms with Crippen molar-refractivity contribution < 1.29 is 4.74 Å². The van der Waals surface area contributed by atoms with Gasteiger partial charge in [0.25, 0.3) is 0 Å². The molecule has 92 valence electrons. The lowest BCUT2D eigenvalue weighted by Gasteiger charge is -2.35. The highest BCUT2D eigenvalue weighted by molar-refractivity contribution is 4.80. The van der Waals surface area contributed by atoms with Gasteiger partial charge in [0, 0.05) is 13.7 Å². The summed E-state index contributed by atoms with van der Waals surface area (Å²) in [5, 5.41) is 3.53. The van der Waals surface area contributed by atoms with Gasteiger partial charge in [0.05, 0.1) is 0 Å². The maximum Gasteiger partial charge on any atom is 0.0491 e. The Morgan fingerprint density at radius 3 is 2.27 bits per heavy atom. The molecule has 0 aromatic rings. The van der Waals surface area contributed by atoms with Gasteiger partial charge in [-0.25, -0.2) is 0 Å². The average molecular weight is 215 g/mol. The van der Waals surface area contributed by atoms with E-state index in [1.54, 1.807) is 7.11 Å². The van der Waals surface area contributed by atoms with Crippen molar-refractivity contribution in [1.82, 2.24) is 5.32 Å². The summed E-state index contributed by atoms with van der Waals surface area (Å²) in [5.74, 6) is 1.28. The minimum absolute atomic E-state index is 0.346. The van der Waals surface area contributed by atoms with Crippen molar-refractivity contribution in [2.24, 2.45) is 17.3 Å². The van der Waals surface area contributed by atoms with Gasteiger partial charge in [-0.2, -0.15) is 0 Å². The molecule has 0 amide bonds. The van der Waals surface area contributed by atoms with Crippen LogP contribution in [0, 0.1) is 17.3 Å². The van der Waals surface area contributed by atoms with E-state index in [9.17, 15) is 0 Å². The van der Waals surface area contributed by atoms with E-state index in [4.69, 9.17) is 4.74 Å². The van der Waals surface area contributed by atoms with Gasteiger partial charge in [0.1, 0.15) is 0 Å². The topological polar surface area (TPSA) is 21.3 Å². The summed E-state index contributed by atoms with van der Waals surface area (Å²) < 4.78 is 5.26. The number of ether oxygens (including phenoxy) is 1. The second kappa shape index (κ2) is 7.24. The highest BCUT2D eigenvalue weighted by Crippen LogP contribution is 2.31. The second-order valence-corrected chi connectivity index (χ2v) is 5.61. The van der Waals surface area contributed by atoms with Crippen molar-refractivity contribution >= 4 is 0 Å². The first-order chi connectivity index (χ1) is 6.93. The maximum absolute atomic E-state index is 5.26. The third kappa shape index (κ3) is 6.16. The van der Waals surface area contributed by atoms with E-state index in [0.29, 0.717) is 17.3 Å². The van der Waals surface area contributed by atoms with Gasteiger partial charge < -0.3 is 10.1 Å². The van der Waals surface area contributed by atoms with Gasteiger partial charge in [0.2, 0.25) is 0 Å². The van der Waals surface area contributed by atoms with Crippen molar-refractivity contribution in [1.29, 1.82) is 0 Å². The van der Waals surface area contributed by atoms with Crippen molar-refractivity contribution in [2.75, 3.05) is 26.8 Å². The lowest BCUT2D eigenvalue weighted by molar-refractivity contribution is 0.0798. The number of hydrogen-bond acceptors (Lipinski definition) is 2. The average Bonchev–Trinajstić information content (AvgIpc) is 2.10. The fourth-order valence-corrected chi connectivity index (χ4v) is 2.17. The highest BCUT2D eigenvalue weighted by atomic mass is 16.5. The molecule has 0 aliphatic carbocycles. The van der Waals surface area contributed by atoms with E-state index >= 15 is 0 Å². The first kappa shape index (κ1) is 14.9. The van der Waals surface area contributed by atoms with E-state index in [-0.39, 0.29) is 0 Å². The molecule has 0 radical (unpaired) electrons. The molecular formula is C13H29NO. The zero-order valence-corrected chi connectivity index (χ0v) is 11.4. The fraction of sp³-hybridized carbons (Fsp3) is 1.00. The summed E-state index contributed by atoms with van der Waals surface area (Å²) in [6.45, 7) is 14.5. The fourth-order valence-electron chi connectivity index (χ4n) is 2.17. The molecular weight excluding hydrogens is 186 g/mol. The molecule has 0 aliphatic heterocycles. The summed E-state index contributed by atoms with van der Waals surface area (Å²) >= 11 is 0. The molecule has 0 aromatic carbocycles. The van der Waals surface area contributed by atoms with Crippen molar-refractivity contribution in [3.05, 3.63) is 0 Å². The van der Waals surface area contributed by atoms with Gasteiger partial charge in [-0.05, 0) is 36.8 Å². The summed E-state index contributed by atoms with van der Waals surface area (Å²) in [4.78, 5) is 0. The summed E-state index contributed by atoms with van der Waals surface area (Å²) in [7, 11) is 1.79. The molecule has 2 nitrogen and oxygen atoms in total. The molecule has 0 fully saturated rings. The minimum atomic E-state index is 0.346. The molecule has 0 bridgehead atoms. The van der Waals surface area contributed by atoms with E-state index in [0.717, 1.165) is 19.7 Å². The first-order valence-corrected chi connectivity index (χ1v) is 6.13. The molecule has 1 N–H and O–H groups in total. The second-order valence-electron chi connectivity index (χ2n) is 5.61. The standard InChI is InChI=1S/C13H29NO/c1-7-8-14-9-12(13(3,4)5)11(2)10-15-6/h11-12,14H,7-10H2,1-6H3. The third-order valence-electron chi connectivity index (χ3n) is 3.02. The molecule has 0 saturated carbocycles. The highest BCUT2D eigenvalue weighted by Gasteiger charge is 2.29. The van der Waals surface area contributed by atoms with Crippen LogP contribution in [-0.2, 0) is 4.74 Å². The Balaban J connectivity index is 4.18. The molecule has 0 spiro atoms. The zero-order chi connectivity index (χ0) is 11.9. The van der Waals surface area contributed by atoms with Gasteiger partial charge >= 0.3 is 0 Å². The Morgan fingerprint density at radius 2 is 1.87 bits per heavy atom. The molecule has 2 atom stereocenters. The Hall–Kier alpha value is -0.0800. The van der Waals surface area contributed by atoms with Crippen LogP contribution in [0.3, 0.4) is 0 Å². The van der Waals surface area contributed by atoms with Gasteiger partial charge in [-0.15, -0.1) is 0 Å². The van der Waals surface area contributed by atoms with E-state index in [1.165, 1.54) is 6.42 Å². The van der Waals surface area contributed by atoms with Crippen molar-refractivity contribution in [3.8, 4) is 0 Å². The Bertz CT molecular complexity index is 151.